The van der Waals surface area contributed by atoms with Crippen LogP contribution < -0.4 is 5.73 Å². The number of carbonyl (C=O) groups excluding carboxylic acids is 1. The Labute approximate surface area is 202 Å². The third-order valence-corrected chi connectivity index (χ3v) is 7.17. The number of nitrogens with zero attached hydrogens (tertiary/aromatic N) is 5. The average molecular weight is 485 g/mol. The van der Waals surface area contributed by atoms with Crippen molar-refractivity contribution in [1.29, 1.82) is 0 Å². The zero-order valence-electron chi connectivity index (χ0n) is 18.4. The maximum Gasteiger partial charge on any atom is 0.246 e. The van der Waals surface area contributed by atoms with Crippen LogP contribution in [0.1, 0.15) is 25.3 Å². The fourth-order valence-corrected chi connectivity index (χ4v) is 5.13. The van der Waals surface area contributed by atoms with Gasteiger partial charge < -0.3 is 15.2 Å². The van der Waals surface area contributed by atoms with E-state index < -0.39 is 0 Å². The molecule has 1 aromatic carbocycles. The molecule has 0 bridgehead atoms. The van der Waals surface area contributed by atoms with Crippen LogP contribution in [-0.4, -0.2) is 63.0 Å². The van der Waals surface area contributed by atoms with Crippen molar-refractivity contribution in [2.24, 2.45) is 0 Å². The monoisotopic (exact) mass is 484 g/mol. The zero-order valence-corrected chi connectivity index (χ0v) is 19.9. The Hall–Kier alpha value is -2.61. The SMILES string of the molecule is CN(CC=CC(=O)N1CCC(n2c(Cl)c(-c3ccc(Cl)cc3)c3c(N)ncnc32)C1)C1CC1. The lowest BCUT2D eigenvalue weighted by atomic mass is 10.1. The van der Waals surface area contributed by atoms with Crippen molar-refractivity contribution in [1.82, 2.24) is 24.3 Å². The number of carbonyl (C=O) groups is 1. The number of amides is 1. The molecule has 1 amide bonds. The third kappa shape index (κ3) is 4.33. The summed E-state index contributed by atoms with van der Waals surface area (Å²) in [5.41, 5.74) is 8.62. The van der Waals surface area contributed by atoms with Crippen molar-refractivity contribution < 1.29 is 4.79 Å². The van der Waals surface area contributed by atoms with Crippen LogP contribution in [0.4, 0.5) is 5.82 Å². The van der Waals surface area contributed by atoms with Crippen molar-refractivity contribution in [3.8, 4) is 11.1 Å². The number of aromatic nitrogens is 3. The molecule has 2 N–H and O–H groups in total. The fraction of sp³-hybridized carbons (Fsp3) is 0.375. The van der Waals surface area contributed by atoms with E-state index in [1.54, 1.807) is 6.08 Å². The van der Waals surface area contributed by atoms with E-state index in [1.807, 2.05) is 39.8 Å². The number of fused-ring (bicyclic) bond motifs is 1. The smallest absolute Gasteiger partial charge is 0.246 e. The molecule has 172 valence electrons. The summed E-state index contributed by atoms with van der Waals surface area (Å²) >= 11 is 13.0. The van der Waals surface area contributed by atoms with Gasteiger partial charge in [0.2, 0.25) is 5.91 Å². The molecule has 3 aromatic rings. The number of nitrogens with two attached hydrogens (primary N) is 1. The number of nitrogen functional groups attached to an aromatic ring is 1. The van der Waals surface area contributed by atoms with Gasteiger partial charge in [0.25, 0.3) is 0 Å². The van der Waals surface area contributed by atoms with Crippen molar-refractivity contribution in [2.75, 3.05) is 32.4 Å². The van der Waals surface area contributed by atoms with Crippen molar-refractivity contribution >= 4 is 46.0 Å². The van der Waals surface area contributed by atoms with Gasteiger partial charge in [0.15, 0.2) is 0 Å². The molecule has 1 saturated heterocycles. The van der Waals surface area contributed by atoms with Gasteiger partial charge in [-0.25, -0.2) is 9.97 Å². The Morgan fingerprint density at radius 1 is 1.21 bits per heavy atom. The lowest BCUT2D eigenvalue weighted by Crippen LogP contribution is -2.28. The number of rotatable bonds is 6. The minimum atomic E-state index is 0.00170. The van der Waals surface area contributed by atoms with Gasteiger partial charge in [-0.05, 0) is 44.0 Å². The summed E-state index contributed by atoms with van der Waals surface area (Å²) in [5.74, 6) is 0.403. The molecule has 1 aliphatic heterocycles. The molecule has 1 atom stereocenters. The van der Waals surface area contributed by atoms with E-state index >= 15 is 0 Å². The molecule has 3 heterocycles. The molecule has 33 heavy (non-hydrogen) atoms. The minimum absolute atomic E-state index is 0.00170. The molecule has 1 saturated carbocycles. The first kappa shape index (κ1) is 22.2. The number of likely N-dealkylation sites (tertiary alicyclic amines) is 1. The van der Waals surface area contributed by atoms with Crippen molar-refractivity contribution in [3.63, 3.8) is 0 Å². The summed E-state index contributed by atoms with van der Waals surface area (Å²) in [6.45, 7) is 2.02. The van der Waals surface area contributed by atoms with E-state index in [1.165, 1.54) is 19.2 Å². The Kier molecular flexibility index (Phi) is 6.03. The Morgan fingerprint density at radius 3 is 2.70 bits per heavy atom. The second-order valence-corrected chi connectivity index (χ2v) is 9.59. The second kappa shape index (κ2) is 8.97. The van der Waals surface area contributed by atoms with E-state index in [9.17, 15) is 4.79 Å². The van der Waals surface area contributed by atoms with Gasteiger partial charge in [-0.3, -0.25) is 9.69 Å². The summed E-state index contributed by atoms with van der Waals surface area (Å²) in [7, 11) is 2.10. The number of hydrogen-bond acceptors (Lipinski definition) is 5. The van der Waals surface area contributed by atoms with E-state index in [4.69, 9.17) is 28.9 Å². The standard InChI is InChI=1S/C24H26Cl2N6O/c1-30(17-8-9-17)11-2-3-19(33)31-12-10-18(13-31)32-22(26)20(15-4-6-16(25)7-5-15)21-23(27)28-14-29-24(21)32/h2-7,14,17-18H,8-13H2,1H3,(H2,27,28,29). The van der Waals surface area contributed by atoms with Crippen LogP contribution in [0.5, 0.6) is 0 Å². The summed E-state index contributed by atoms with van der Waals surface area (Å²) in [6, 6.07) is 8.14. The van der Waals surface area contributed by atoms with Gasteiger partial charge in [-0.1, -0.05) is 41.4 Å². The molecule has 1 unspecified atom stereocenters. The van der Waals surface area contributed by atoms with E-state index in [-0.39, 0.29) is 11.9 Å². The first-order chi connectivity index (χ1) is 15.9. The molecule has 2 aromatic heterocycles. The first-order valence-electron chi connectivity index (χ1n) is 11.2. The van der Waals surface area contributed by atoms with Crippen LogP contribution in [0.2, 0.25) is 10.2 Å². The Bertz CT molecular complexity index is 1220. The number of benzene rings is 1. The summed E-state index contributed by atoms with van der Waals surface area (Å²) < 4.78 is 2.00. The van der Waals surface area contributed by atoms with Crippen LogP contribution in [0.15, 0.2) is 42.7 Å². The second-order valence-electron chi connectivity index (χ2n) is 8.80. The third-order valence-electron chi connectivity index (χ3n) is 6.55. The van der Waals surface area contributed by atoms with Gasteiger partial charge in [0.1, 0.15) is 22.9 Å². The number of hydrogen-bond donors (Lipinski definition) is 1. The van der Waals surface area contributed by atoms with Crippen LogP contribution >= 0.6 is 23.2 Å². The largest absolute Gasteiger partial charge is 0.383 e. The van der Waals surface area contributed by atoms with E-state index in [0.717, 1.165) is 29.5 Å². The predicted molar refractivity (Wildman–Crippen MR) is 132 cm³/mol. The average Bonchev–Trinajstić information content (AvgIpc) is 3.46. The van der Waals surface area contributed by atoms with Crippen molar-refractivity contribution in [2.45, 2.75) is 31.3 Å². The van der Waals surface area contributed by atoms with Gasteiger partial charge >= 0.3 is 0 Å². The van der Waals surface area contributed by atoms with E-state index in [0.29, 0.717) is 40.8 Å². The van der Waals surface area contributed by atoms with Crippen LogP contribution in [0.3, 0.4) is 0 Å². The maximum atomic E-state index is 12.8. The van der Waals surface area contributed by atoms with Crippen molar-refractivity contribution in [3.05, 3.63) is 52.9 Å². The molecule has 0 radical (unpaired) electrons. The fourth-order valence-electron chi connectivity index (χ4n) is 4.58. The van der Waals surface area contributed by atoms with E-state index in [2.05, 4.69) is 21.9 Å². The summed E-state index contributed by atoms with van der Waals surface area (Å²) in [6.07, 6.45) is 8.39. The van der Waals surface area contributed by atoms with Crippen LogP contribution in [0, 0.1) is 0 Å². The number of anilines is 1. The number of likely N-dealkylation sites (N-methyl/N-ethyl adjacent to an activating group) is 1. The zero-order chi connectivity index (χ0) is 23.1. The lowest BCUT2D eigenvalue weighted by molar-refractivity contribution is -0.125. The maximum absolute atomic E-state index is 12.8. The molecular weight excluding hydrogens is 459 g/mol. The molecule has 5 rings (SSSR count). The van der Waals surface area contributed by atoms with Gasteiger partial charge in [0.05, 0.1) is 11.4 Å². The molecule has 7 nitrogen and oxygen atoms in total. The molecule has 1 aliphatic carbocycles. The molecular formula is C24H26Cl2N6O. The quantitative estimate of drug-likeness (QED) is 0.524. The van der Waals surface area contributed by atoms with Gasteiger partial charge in [-0.2, -0.15) is 0 Å². The van der Waals surface area contributed by atoms with Gasteiger partial charge in [0, 0.05) is 42.3 Å². The lowest BCUT2D eigenvalue weighted by Gasteiger charge is -2.17. The van der Waals surface area contributed by atoms with Crippen LogP contribution in [0.25, 0.3) is 22.2 Å². The molecule has 9 heteroatoms. The molecule has 2 aliphatic rings. The van der Waals surface area contributed by atoms with Gasteiger partial charge in [-0.15, -0.1) is 0 Å². The highest BCUT2D eigenvalue weighted by atomic mass is 35.5. The summed E-state index contributed by atoms with van der Waals surface area (Å²) in [5, 5.41) is 1.90. The van der Waals surface area contributed by atoms with Crippen LogP contribution in [-0.2, 0) is 4.79 Å². The number of halogens is 2. The summed E-state index contributed by atoms with van der Waals surface area (Å²) in [4.78, 5) is 25.6. The molecule has 2 fully saturated rings. The predicted octanol–water partition coefficient (Wildman–Crippen LogP) is 4.41. The first-order valence-corrected chi connectivity index (χ1v) is 11.9. The molecule has 0 spiro atoms. The topological polar surface area (TPSA) is 80.3 Å². The Balaban J connectivity index is 1.41. The highest BCUT2D eigenvalue weighted by Gasteiger charge is 2.32. The minimum Gasteiger partial charge on any atom is -0.383 e. The Morgan fingerprint density at radius 2 is 1.97 bits per heavy atom. The highest BCUT2D eigenvalue weighted by Crippen LogP contribution is 2.42. The highest BCUT2D eigenvalue weighted by molar-refractivity contribution is 6.35. The normalized spacial score (nSPS) is 18.8.